The molecule has 0 aromatic carbocycles. The summed E-state index contributed by atoms with van der Waals surface area (Å²) in [5, 5.41) is 11.0. The predicted octanol–water partition coefficient (Wildman–Crippen LogP) is 2.07. The van der Waals surface area contributed by atoms with Crippen molar-refractivity contribution < 1.29 is 33.5 Å². The van der Waals surface area contributed by atoms with Gasteiger partial charge in [-0.15, -0.1) is 0 Å². The molecular weight excluding hydrogens is 580 g/mol. The van der Waals surface area contributed by atoms with E-state index in [1.165, 1.54) is 4.90 Å². The highest BCUT2D eigenvalue weighted by atomic mass is 16.5. The van der Waals surface area contributed by atoms with Gasteiger partial charge in [-0.2, -0.15) is 0 Å². The van der Waals surface area contributed by atoms with E-state index in [4.69, 9.17) is 10.5 Å². The van der Waals surface area contributed by atoms with Gasteiger partial charge in [-0.1, -0.05) is 74.7 Å². The molecule has 1 aliphatic heterocycles. The molecule has 254 valence electrons. The normalized spacial score (nSPS) is 24.2. The van der Waals surface area contributed by atoms with Gasteiger partial charge < -0.3 is 36.6 Å². The largest absolute Gasteiger partial charge is 0.447 e. The lowest BCUT2D eigenvalue weighted by Crippen LogP contribution is -2.62. The number of rotatable bonds is 12. The quantitative estimate of drug-likeness (QED) is 0.203. The molecule has 6 N–H and O–H groups in total. The van der Waals surface area contributed by atoms with E-state index in [9.17, 15) is 28.8 Å². The number of carbonyl (C=O) groups excluding carboxylic acids is 6. The molecule has 1 heterocycles. The van der Waals surface area contributed by atoms with Crippen LogP contribution in [0.3, 0.4) is 0 Å². The van der Waals surface area contributed by atoms with Gasteiger partial charge in [-0.25, -0.2) is 9.59 Å². The number of hydrogen-bond acceptors (Lipinski definition) is 7. The van der Waals surface area contributed by atoms with E-state index in [1.54, 1.807) is 6.92 Å². The molecule has 1 unspecified atom stereocenters. The number of nitrogens with two attached hydrogens (primary N) is 1. The van der Waals surface area contributed by atoms with Gasteiger partial charge in [0, 0.05) is 13.1 Å². The standard InChI is InChI=1S/C32H54N6O7/c1-10-34-29(44)45-16-20(30(2,3)4)36-28(43)37-24(31(5,6)7)27(42)38-15-18-21(32(18,8)9)22(38)26(41)35-19(23(39)25(33)40)14-17-12-11-13-17/h17-22,24H,10-16H2,1-9H3,(H2,33,40)(H,34,44)(H,35,41)(H2,36,37,43)/t18-,19?,20+,21-,22-,24-/m0/s1. The number of primary amides is 1. The summed E-state index contributed by atoms with van der Waals surface area (Å²) in [6, 6.07) is -4.09. The zero-order valence-corrected chi connectivity index (χ0v) is 28.4. The van der Waals surface area contributed by atoms with Gasteiger partial charge in [0.2, 0.25) is 17.6 Å². The van der Waals surface area contributed by atoms with Crippen molar-refractivity contribution in [1.29, 1.82) is 0 Å². The molecule has 0 bridgehead atoms. The third kappa shape index (κ3) is 8.46. The molecule has 1 saturated heterocycles. The molecule has 13 nitrogen and oxygen atoms in total. The van der Waals surface area contributed by atoms with Crippen LogP contribution in [0.4, 0.5) is 9.59 Å². The Morgan fingerprint density at radius 3 is 2.07 bits per heavy atom. The third-order valence-electron chi connectivity index (χ3n) is 9.87. The van der Waals surface area contributed by atoms with Gasteiger partial charge in [0.1, 0.15) is 18.7 Å². The van der Waals surface area contributed by atoms with Crippen molar-refractivity contribution in [2.75, 3.05) is 19.7 Å². The summed E-state index contributed by atoms with van der Waals surface area (Å²) in [5.41, 5.74) is 3.91. The monoisotopic (exact) mass is 634 g/mol. The number of ether oxygens (including phenoxy) is 1. The lowest BCUT2D eigenvalue weighted by Gasteiger charge is -2.38. The summed E-state index contributed by atoms with van der Waals surface area (Å²) in [5.74, 6) is -2.69. The lowest BCUT2D eigenvalue weighted by atomic mass is 9.80. The Morgan fingerprint density at radius 2 is 1.58 bits per heavy atom. The number of fused-ring (bicyclic) bond motifs is 1. The highest BCUT2D eigenvalue weighted by Crippen LogP contribution is 2.65. The molecule has 2 saturated carbocycles. The number of Topliss-reactive ketones (excluding diaryl/α,β-unsaturated/α-hetero) is 1. The molecule has 6 atom stereocenters. The van der Waals surface area contributed by atoms with E-state index in [0.29, 0.717) is 19.5 Å². The number of carbonyl (C=O) groups is 6. The molecule has 13 heteroatoms. The molecule has 45 heavy (non-hydrogen) atoms. The molecule has 0 spiro atoms. The molecule has 0 radical (unpaired) electrons. The van der Waals surface area contributed by atoms with Crippen molar-refractivity contribution in [3.05, 3.63) is 0 Å². The predicted molar refractivity (Wildman–Crippen MR) is 168 cm³/mol. The number of alkyl carbamates (subject to hydrolysis) is 1. The van der Waals surface area contributed by atoms with Crippen molar-refractivity contribution in [3.8, 4) is 0 Å². The fraction of sp³-hybridized carbons (Fsp3) is 0.812. The number of ketones is 1. The first-order valence-corrected chi connectivity index (χ1v) is 16.1. The van der Waals surface area contributed by atoms with Crippen molar-refractivity contribution in [1.82, 2.24) is 26.2 Å². The molecule has 3 fully saturated rings. The van der Waals surface area contributed by atoms with Crippen LogP contribution in [-0.2, 0) is 23.9 Å². The number of nitrogens with one attached hydrogen (secondary N) is 4. The third-order valence-corrected chi connectivity index (χ3v) is 9.87. The van der Waals surface area contributed by atoms with Crippen LogP contribution in [0.1, 0.15) is 88.0 Å². The average Bonchev–Trinajstić information content (AvgIpc) is 3.20. The molecule has 2 aliphatic carbocycles. The van der Waals surface area contributed by atoms with Crippen molar-refractivity contribution in [3.63, 3.8) is 0 Å². The SMILES string of the molecule is CCNC(=O)OC[C@@H](NC(=O)N[C@@H](C(=O)N1C[C@H]2[C@@H]([C@H]1C(=O)NC(CC1CCC1)C(=O)C(N)=O)C2(C)C)C(C)(C)C)C(C)(C)C. The average molecular weight is 635 g/mol. The van der Waals surface area contributed by atoms with Crippen LogP contribution in [-0.4, -0.2) is 84.4 Å². The smallest absolute Gasteiger partial charge is 0.407 e. The fourth-order valence-electron chi connectivity index (χ4n) is 6.54. The minimum absolute atomic E-state index is 0.0697. The Kier molecular flexibility index (Phi) is 10.9. The maximum Gasteiger partial charge on any atom is 0.407 e. The Hall–Kier alpha value is -3.38. The van der Waals surface area contributed by atoms with Crippen LogP contribution in [0, 0.1) is 34.0 Å². The fourth-order valence-corrected chi connectivity index (χ4v) is 6.54. The number of likely N-dealkylation sites (tertiary alicyclic amines) is 1. The molecule has 0 aromatic rings. The number of hydrogen-bond donors (Lipinski definition) is 5. The van der Waals surface area contributed by atoms with E-state index < -0.39 is 70.6 Å². The van der Waals surface area contributed by atoms with Gasteiger partial charge in [0.25, 0.3) is 5.91 Å². The first-order chi connectivity index (χ1) is 20.7. The maximum absolute atomic E-state index is 14.2. The van der Waals surface area contributed by atoms with Gasteiger partial charge in [-0.05, 0) is 47.3 Å². The van der Waals surface area contributed by atoms with Crippen molar-refractivity contribution in [2.45, 2.75) is 112 Å². The zero-order valence-electron chi connectivity index (χ0n) is 28.4. The molecule has 3 rings (SSSR count). The van der Waals surface area contributed by atoms with Crippen LogP contribution < -0.4 is 27.0 Å². The lowest BCUT2D eigenvalue weighted by molar-refractivity contribution is -0.145. The second-order valence-electron chi connectivity index (χ2n) is 15.7. The Balaban J connectivity index is 1.79. The summed E-state index contributed by atoms with van der Waals surface area (Å²) in [7, 11) is 0. The van der Waals surface area contributed by atoms with E-state index >= 15 is 0 Å². The highest BCUT2D eigenvalue weighted by molar-refractivity contribution is 6.37. The van der Waals surface area contributed by atoms with E-state index in [1.807, 2.05) is 55.4 Å². The number of urea groups is 1. The van der Waals surface area contributed by atoms with Crippen LogP contribution in [0.2, 0.25) is 0 Å². The Bertz CT molecular complexity index is 1170. The van der Waals surface area contributed by atoms with Crippen LogP contribution in [0.25, 0.3) is 0 Å². The topological polar surface area (TPSA) is 189 Å². The Labute approximate surface area is 266 Å². The first-order valence-electron chi connectivity index (χ1n) is 16.1. The molecule has 6 amide bonds. The van der Waals surface area contributed by atoms with Gasteiger partial charge in [-0.3, -0.25) is 19.2 Å². The first kappa shape index (κ1) is 36.1. The summed E-state index contributed by atoms with van der Waals surface area (Å²) < 4.78 is 5.28. The highest BCUT2D eigenvalue weighted by Gasteiger charge is 2.70. The minimum atomic E-state index is -1.10. The molecule has 0 aromatic heterocycles. The molecule has 3 aliphatic rings. The van der Waals surface area contributed by atoms with Gasteiger partial charge in [0.05, 0.1) is 12.1 Å². The number of nitrogens with zero attached hydrogens (tertiary/aromatic N) is 1. The number of piperidine rings is 1. The van der Waals surface area contributed by atoms with Crippen LogP contribution >= 0.6 is 0 Å². The maximum atomic E-state index is 14.2. The Morgan fingerprint density at radius 1 is 0.956 bits per heavy atom. The zero-order chi connectivity index (χ0) is 34.1. The van der Waals surface area contributed by atoms with Crippen molar-refractivity contribution >= 4 is 35.6 Å². The minimum Gasteiger partial charge on any atom is -0.447 e. The van der Waals surface area contributed by atoms with Crippen molar-refractivity contribution in [2.24, 2.45) is 39.7 Å². The summed E-state index contributed by atoms with van der Waals surface area (Å²) in [6.07, 6.45) is 2.60. The summed E-state index contributed by atoms with van der Waals surface area (Å²) >= 11 is 0. The van der Waals surface area contributed by atoms with E-state index in [-0.39, 0.29) is 29.8 Å². The number of amides is 6. The van der Waals surface area contributed by atoms with Gasteiger partial charge >= 0.3 is 12.1 Å². The second-order valence-corrected chi connectivity index (χ2v) is 15.7. The summed E-state index contributed by atoms with van der Waals surface area (Å²) in [6.45, 7) is 17.7. The van der Waals surface area contributed by atoms with Gasteiger partial charge in [0.15, 0.2) is 0 Å². The molecular formula is C32H54N6O7. The van der Waals surface area contributed by atoms with E-state index in [2.05, 4.69) is 21.3 Å². The van der Waals surface area contributed by atoms with Crippen LogP contribution in [0.15, 0.2) is 0 Å². The van der Waals surface area contributed by atoms with Crippen LogP contribution in [0.5, 0.6) is 0 Å². The van der Waals surface area contributed by atoms with E-state index in [0.717, 1.165) is 19.3 Å². The second kappa shape index (κ2) is 13.5. The summed E-state index contributed by atoms with van der Waals surface area (Å²) in [4.78, 5) is 79.4.